The van der Waals surface area contributed by atoms with E-state index in [1.54, 1.807) is 0 Å². The van der Waals surface area contributed by atoms with Gasteiger partial charge in [-0.1, -0.05) is 6.92 Å². The van der Waals surface area contributed by atoms with Crippen molar-refractivity contribution in [3.63, 3.8) is 0 Å². The van der Waals surface area contributed by atoms with Crippen LogP contribution < -0.4 is 0 Å². The Bertz CT molecular complexity index is 599. The van der Waals surface area contributed by atoms with Crippen molar-refractivity contribution in [2.75, 3.05) is 6.61 Å². The molecule has 4 aliphatic rings. The van der Waals surface area contributed by atoms with E-state index in [9.17, 15) is 24.9 Å². The minimum atomic E-state index is -1.86. The van der Waals surface area contributed by atoms with Gasteiger partial charge in [-0.05, 0) is 55.3 Å². The molecule has 4 aliphatic carbocycles. The van der Waals surface area contributed by atoms with Gasteiger partial charge in [-0.2, -0.15) is 0 Å². The molecule has 0 saturated heterocycles. The molecular formula is C20H30O5. The molecule has 0 heterocycles. The Morgan fingerprint density at radius 3 is 2.60 bits per heavy atom. The van der Waals surface area contributed by atoms with Crippen molar-refractivity contribution in [3.05, 3.63) is 0 Å². The van der Waals surface area contributed by atoms with Crippen LogP contribution in [-0.4, -0.2) is 39.3 Å². The zero-order chi connectivity index (χ0) is 18.0. The summed E-state index contributed by atoms with van der Waals surface area (Å²) in [6.07, 6.45) is 5.22. The SMILES string of the molecule is C[C@]12CCC(=O)C[C@H]1CC[C@@H]1[C@@H]2C(=O)C[C@@]2(CCO)[C@H]1CCC2(O)O. The smallest absolute Gasteiger partial charge is 0.169 e. The molecule has 25 heavy (non-hydrogen) atoms. The Morgan fingerprint density at radius 2 is 1.88 bits per heavy atom. The van der Waals surface area contributed by atoms with E-state index in [0.29, 0.717) is 31.0 Å². The second-order valence-electron chi connectivity index (χ2n) is 9.40. The van der Waals surface area contributed by atoms with Gasteiger partial charge in [0, 0.05) is 43.6 Å². The highest BCUT2D eigenvalue weighted by Crippen LogP contribution is 2.67. The Morgan fingerprint density at radius 1 is 1.12 bits per heavy atom. The number of ketones is 2. The fourth-order valence-corrected chi connectivity index (χ4v) is 7.32. The quantitative estimate of drug-likeness (QED) is 0.661. The van der Waals surface area contributed by atoms with Gasteiger partial charge in [0.1, 0.15) is 11.6 Å². The molecule has 5 nitrogen and oxygen atoms in total. The van der Waals surface area contributed by atoms with Gasteiger partial charge >= 0.3 is 0 Å². The standard InChI is InChI=1S/C20H30O5/c1-18-6-4-13(22)10-12(18)2-3-14-15-5-7-20(24,25)19(15,8-9-21)11-16(23)17(14)18/h12,14-15,17,21,24-25H,2-11H2,1H3/t12-,14+,15+,17-,18+,19+/m1/s1. The van der Waals surface area contributed by atoms with Gasteiger partial charge in [-0.15, -0.1) is 0 Å². The number of hydrogen-bond acceptors (Lipinski definition) is 5. The van der Waals surface area contributed by atoms with E-state index in [2.05, 4.69) is 6.92 Å². The van der Waals surface area contributed by atoms with Crippen LogP contribution in [0.1, 0.15) is 64.7 Å². The molecule has 0 bridgehead atoms. The van der Waals surface area contributed by atoms with Crippen molar-refractivity contribution in [1.29, 1.82) is 0 Å². The van der Waals surface area contributed by atoms with Crippen molar-refractivity contribution in [1.82, 2.24) is 0 Å². The van der Waals surface area contributed by atoms with Crippen molar-refractivity contribution in [2.24, 2.45) is 34.5 Å². The molecule has 140 valence electrons. The summed E-state index contributed by atoms with van der Waals surface area (Å²) in [7, 11) is 0. The summed E-state index contributed by atoms with van der Waals surface area (Å²) in [6.45, 7) is 2.07. The Hall–Kier alpha value is -0.780. The van der Waals surface area contributed by atoms with E-state index in [-0.39, 0.29) is 54.8 Å². The third-order valence-electron chi connectivity index (χ3n) is 8.56. The molecule has 0 spiro atoms. The number of aliphatic hydroxyl groups is 3. The molecule has 6 atom stereocenters. The molecule has 0 aromatic carbocycles. The average molecular weight is 350 g/mol. The van der Waals surface area contributed by atoms with Gasteiger partial charge in [0.25, 0.3) is 0 Å². The van der Waals surface area contributed by atoms with Gasteiger partial charge in [0.2, 0.25) is 0 Å². The monoisotopic (exact) mass is 350 g/mol. The maximum atomic E-state index is 13.3. The van der Waals surface area contributed by atoms with Gasteiger partial charge in [-0.25, -0.2) is 0 Å². The predicted octanol–water partition coefficient (Wildman–Crippen LogP) is 1.82. The van der Waals surface area contributed by atoms with Crippen LogP contribution in [0.5, 0.6) is 0 Å². The predicted molar refractivity (Wildman–Crippen MR) is 90.3 cm³/mol. The molecule has 4 rings (SSSR count). The van der Waals surface area contributed by atoms with E-state index in [1.807, 2.05) is 0 Å². The molecule has 0 aromatic heterocycles. The first-order valence-electron chi connectivity index (χ1n) is 9.85. The minimum absolute atomic E-state index is 0.0648. The first-order valence-corrected chi connectivity index (χ1v) is 9.85. The molecule has 0 radical (unpaired) electrons. The lowest BCUT2D eigenvalue weighted by Crippen LogP contribution is -2.61. The maximum Gasteiger partial charge on any atom is 0.169 e. The molecule has 0 amide bonds. The normalized spacial score (nSPS) is 48.6. The molecule has 4 saturated carbocycles. The lowest BCUT2D eigenvalue weighted by molar-refractivity contribution is -0.256. The molecular weight excluding hydrogens is 320 g/mol. The fraction of sp³-hybridized carbons (Fsp3) is 0.900. The molecule has 0 unspecified atom stereocenters. The number of hydrogen-bond donors (Lipinski definition) is 3. The first kappa shape index (κ1) is 17.6. The average Bonchev–Trinajstić information content (AvgIpc) is 2.79. The van der Waals surface area contributed by atoms with Crippen LogP contribution in [0.4, 0.5) is 0 Å². The van der Waals surface area contributed by atoms with E-state index >= 15 is 0 Å². The summed E-state index contributed by atoms with van der Waals surface area (Å²) in [5.74, 6) is -0.948. The third-order valence-corrected chi connectivity index (χ3v) is 8.56. The zero-order valence-electron chi connectivity index (χ0n) is 15.0. The van der Waals surface area contributed by atoms with Crippen LogP contribution in [0.3, 0.4) is 0 Å². The van der Waals surface area contributed by atoms with Crippen LogP contribution >= 0.6 is 0 Å². The molecule has 4 fully saturated rings. The molecule has 0 aliphatic heterocycles. The largest absolute Gasteiger partial charge is 0.396 e. The summed E-state index contributed by atoms with van der Waals surface area (Å²) >= 11 is 0. The number of carbonyl (C=O) groups excluding carboxylic acids is 2. The zero-order valence-corrected chi connectivity index (χ0v) is 15.0. The Kier molecular flexibility index (Phi) is 3.95. The van der Waals surface area contributed by atoms with Gasteiger partial charge in [-0.3, -0.25) is 9.59 Å². The van der Waals surface area contributed by atoms with E-state index in [0.717, 1.165) is 19.3 Å². The van der Waals surface area contributed by atoms with Crippen molar-refractivity contribution >= 4 is 11.6 Å². The van der Waals surface area contributed by atoms with Gasteiger partial charge < -0.3 is 15.3 Å². The number of fused-ring (bicyclic) bond motifs is 5. The number of rotatable bonds is 2. The van der Waals surface area contributed by atoms with Crippen LogP contribution in [0.25, 0.3) is 0 Å². The summed E-state index contributed by atoms with van der Waals surface area (Å²) < 4.78 is 0. The van der Waals surface area contributed by atoms with E-state index in [4.69, 9.17) is 0 Å². The summed E-state index contributed by atoms with van der Waals surface area (Å²) in [4.78, 5) is 25.2. The first-order chi connectivity index (χ1) is 11.7. The lowest BCUT2D eigenvalue weighted by atomic mass is 9.44. The Balaban J connectivity index is 1.72. The van der Waals surface area contributed by atoms with Gasteiger partial charge in [0.15, 0.2) is 5.79 Å². The van der Waals surface area contributed by atoms with Gasteiger partial charge in [0.05, 0.1) is 0 Å². The van der Waals surface area contributed by atoms with E-state index in [1.165, 1.54) is 0 Å². The summed E-state index contributed by atoms with van der Waals surface area (Å²) in [5.41, 5.74) is -1.02. The summed E-state index contributed by atoms with van der Waals surface area (Å²) in [5, 5.41) is 30.9. The van der Waals surface area contributed by atoms with Crippen LogP contribution in [0.15, 0.2) is 0 Å². The number of aliphatic hydroxyl groups excluding tert-OH is 1. The maximum absolute atomic E-state index is 13.3. The summed E-state index contributed by atoms with van der Waals surface area (Å²) in [6, 6.07) is 0. The second-order valence-corrected chi connectivity index (χ2v) is 9.40. The van der Waals surface area contributed by atoms with Crippen LogP contribution in [0.2, 0.25) is 0 Å². The Labute approximate surface area is 148 Å². The molecule has 3 N–H and O–H groups in total. The lowest BCUT2D eigenvalue weighted by Gasteiger charge is -2.60. The topological polar surface area (TPSA) is 94.8 Å². The third kappa shape index (κ3) is 2.25. The van der Waals surface area contributed by atoms with Crippen molar-refractivity contribution in [2.45, 2.75) is 70.5 Å². The van der Waals surface area contributed by atoms with Crippen LogP contribution in [-0.2, 0) is 9.59 Å². The fourth-order valence-electron chi connectivity index (χ4n) is 7.32. The van der Waals surface area contributed by atoms with E-state index < -0.39 is 11.2 Å². The number of Topliss-reactive ketones (excluding diaryl/α,β-unsaturated/α-hetero) is 2. The van der Waals surface area contributed by atoms with Crippen LogP contribution in [0, 0.1) is 34.5 Å². The highest BCUT2D eigenvalue weighted by Gasteiger charge is 2.68. The molecule has 5 heteroatoms. The highest BCUT2D eigenvalue weighted by atomic mass is 16.5. The molecule has 0 aromatic rings. The van der Waals surface area contributed by atoms with Crippen molar-refractivity contribution in [3.8, 4) is 0 Å². The highest BCUT2D eigenvalue weighted by molar-refractivity contribution is 5.86. The van der Waals surface area contributed by atoms with Crippen molar-refractivity contribution < 1.29 is 24.9 Å². The number of carbonyl (C=O) groups is 2. The second kappa shape index (κ2) is 5.61. The minimum Gasteiger partial charge on any atom is -0.396 e.